The first-order valence-corrected chi connectivity index (χ1v) is 12.6. The summed E-state index contributed by atoms with van der Waals surface area (Å²) >= 11 is 0. The standard InChI is InChI=1S/C28H23F2N7O3/c1-27(13-31)11-28(39,12-27)25-32-9-14(10-33-25)17-6-7-37-23(34-17)21-16-8-18(22(21)35-37)36(2)24(38)15-4-3-5-19(20(15)16)40-26(29)30/h3-7,9-10,16,18,26,39H,8,11-12H2,1-2H3/t16-,18-,27?,28?/m1/s1/i2D3. The molecule has 12 heteroatoms. The number of hydrogen-bond donors (Lipinski definition) is 1. The van der Waals surface area contributed by atoms with Crippen molar-refractivity contribution in [1.82, 2.24) is 29.5 Å². The monoisotopic (exact) mass is 546 g/mol. The van der Waals surface area contributed by atoms with E-state index >= 15 is 0 Å². The molecule has 10 nitrogen and oxygen atoms in total. The van der Waals surface area contributed by atoms with Crippen molar-refractivity contribution in [2.45, 2.75) is 50.4 Å². The van der Waals surface area contributed by atoms with Crippen LogP contribution in [0.3, 0.4) is 0 Å². The Bertz CT molecular complexity index is 1850. The molecule has 1 aromatic carbocycles. The van der Waals surface area contributed by atoms with Gasteiger partial charge in [0.2, 0.25) is 0 Å². The maximum Gasteiger partial charge on any atom is 0.387 e. The highest BCUT2D eigenvalue weighted by Gasteiger charge is 2.54. The molecule has 1 fully saturated rings. The third-order valence-electron chi connectivity index (χ3n) is 8.06. The molecule has 3 aliphatic rings. The van der Waals surface area contributed by atoms with Gasteiger partial charge in [-0.05, 0) is 31.5 Å². The van der Waals surface area contributed by atoms with Crippen molar-refractivity contribution in [3.8, 4) is 23.1 Å². The average molecular weight is 547 g/mol. The molecule has 2 aliphatic carbocycles. The zero-order chi connectivity index (χ0) is 30.5. The zero-order valence-electron chi connectivity index (χ0n) is 24.0. The van der Waals surface area contributed by atoms with Crippen LogP contribution in [0.1, 0.15) is 75.3 Å². The molecule has 1 N–H and O–H groups in total. The Hall–Kier alpha value is -4.50. The number of fused-ring (bicyclic) bond motifs is 9. The zero-order valence-corrected chi connectivity index (χ0v) is 21.0. The van der Waals surface area contributed by atoms with Crippen LogP contribution in [0.25, 0.3) is 16.9 Å². The minimum absolute atomic E-state index is 0.0339. The van der Waals surface area contributed by atoms with Crippen molar-refractivity contribution in [2.24, 2.45) is 5.41 Å². The normalized spacial score (nSPS) is 28.1. The number of amides is 1. The fourth-order valence-electron chi connectivity index (χ4n) is 6.38. The van der Waals surface area contributed by atoms with Gasteiger partial charge in [-0.25, -0.2) is 19.5 Å². The number of ether oxygens (including phenoxy) is 1. The fraction of sp³-hybridized carbons (Fsp3) is 0.357. The third-order valence-corrected chi connectivity index (χ3v) is 8.06. The van der Waals surface area contributed by atoms with Crippen LogP contribution in [0.15, 0.2) is 42.9 Å². The fourth-order valence-corrected chi connectivity index (χ4v) is 6.38. The van der Waals surface area contributed by atoms with Gasteiger partial charge in [-0.2, -0.15) is 19.1 Å². The topological polar surface area (TPSA) is 130 Å². The lowest BCUT2D eigenvalue weighted by Crippen LogP contribution is -2.48. The van der Waals surface area contributed by atoms with E-state index in [9.17, 15) is 23.9 Å². The number of carbonyl (C=O) groups excluding carboxylic acids is 1. The summed E-state index contributed by atoms with van der Waals surface area (Å²) in [4.78, 5) is 27.8. The third kappa shape index (κ3) is 3.43. The lowest BCUT2D eigenvalue weighted by Gasteiger charge is -2.46. The average Bonchev–Trinajstić information content (AvgIpc) is 3.44. The Morgan fingerprint density at radius 3 is 2.73 bits per heavy atom. The molecule has 3 aromatic heterocycles. The number of nitrogens with zero attached hydrogens (tertiary/aromatic N) is 7. The first-order valence-electron chi connectivity index (χ1n) is 14.1. The smallest absolute Gasteiger partial charge is 0.387 e. The maximum atomic E-state index is 13.6. The minimum atomic E-state index is -3.16. The molecule has 2 atom stereocenters. The largest absolute Gasteiger partial charge is 0.434 e. The molecule has 40 heavy (non-hydrogen) atoms. The SMILES string of the molecule is [2H]C([2H])([2H])N1C(=O)c2cccc(OC(F)F)c2[C@H]2C[C@@H]1c1nn3ccc(-c4cnc(C5(O)CC(C)(C#N)C5)nc4)nc3c12. The van der Waals surface area contributed by atoms with Crippen LogP contribution in [-0.4, -0.2) is 54.1 Å². The van der Waals surface area contributed by atoms with Gasteiger partial charge in [0, 0.05) is 70.7 Å². The van der Waals surface area contributed by atoms with Gasteiger partial charge in [-0.15, -0.1) is 0 Å². The van der Waals surface area contributed by atoms with E-state index in [0.29, 0.717) is 28.2 Å². The van der Waals surface area contributed by atoms with Crippen LogP contribution in [0.4, 0.5) is 8.78 Å². The summed E-state index contributed by atoms with van der Waals surface area (Å²) in [6.07, 6.45) is 5.19. The number of hydrogen-bond acceptors (Lipinski definition) is 8. The Morgan fingerprint density at radius 1 is 1.25 bits per heavy atom. The van der Waals surface area contributed by atoms with Crippen LogP contribution in [0, 0.1) is 16.7 Å². The highest BCUT2D eigenvalue weighted by atomic mass is 19.3. The van der Waals surface area contributed by atoms with Crippen LogP contribution in [0.2, 0.25) is 0 Å². The molecule has 1 saturated carbocycles. The molecular formula is C28H23F2N7O3. The number of carbonyl (C=O) groups is 1. The molecule has 202 valence electrons. The van der Waals surface area contributed by atoms with Crippen molar-refractivity contribution in [3.05, 3.63) is 71.1 Å². The first-order chi connectivity index (χ1) is 20.3. The Labute approximate surface area is 231 Å². The van der Waals surface area contributed by atoms with Crippen molar-refractivity contribution >= 4 is 11.6 Å². The van der Waals surface area contributed by atoms with E-state index in [4.69, 9.17) is 13.8 Å². The van der Waals surface area contributed by atoms with Crippen LogP contribution < -0.4 is 4.74 Å². The van der Waals surface area contributed by atoms with Crippen molar-refractivity contribution in [1.29, 1.82) is 5.26 Å². The van der Waals surface area contributed by atoms with Crippen molar-refractivity contribution in [3.63, 3.8) is 0 Å². The summed E-state index contributed by atoms with van der Waals surface area (Å²) in [5.41, 5.74) is 0.347. The second-order valence-electron chi connectivity index (χ2n) is 10.8. The number of alkyl halides is 2. The van der Waals surface area contributed by atoms with Gasteiger partial charge >= 0.3 is 6.61 Å². The van der Waals surface area contributed by atoms with Gasteiger partial charge in [0.1, 0.15) is 11.4 Å². The van der Waals surface area contributed by atoms with E-state index in [1.807, 2.05) is 0 Å². The molecule has 0 saturated heterocycles. The Balaban J connectivity index is 1.34. The number of rotatable bonds is 4. The first kappa shape index (κ1) is 21.3. The quantitative estimate of drug-likeness (QED) is 0.407. The van der Waals surface area contributed by atoms with Gasteiger partial charge in [-0.3, -0.25) is 4.79 Å². The predicted molar refractivity (Wildman–Crippen MR) is 135 cm³/mol. The molecule has 2 bridgehead atoms. The molecule has 7 rings (SSSR count). The van der Waals surface area contributed by atoms with E-state index in [2.05, 4.69) is 21.1 Å². The molecule has 0 radical (unpaired) electrons. The Kier molecular flexibility index (Phi) is 4.40. The van der Waals surface area contributed by atoms with Crippen LogP contribution in [-0.2, 0) is 5.60 Å². The second kappa shape index (κ2) is 8.25. The van der Waals surface area contributed by atoms with Gasteiger partial charge < -0.3 is 14.7 Å². The summed E-state index contributed by atoms with van der Waals surface area (Å²) in [6, 6.07) is 7.02. The van der Waals surface area contributed by atoms with E-state index in [1.165, 1.54) is 35.1 Å². The number of aliphatic hydroxyl groups is 1. The minimum Gasteiger partial charge on any atom is -0.434 e. The molecule has 1 amide bonds. The van der Waals surface area contributed by atoms with Gasteiger partial charge in [0.05, 0.1) is 28.9 Å². The summed E-state index contributed by atoms with van der Waals surface area (Å²) in [7, 11) is 0. The molecule has 0 unspecified atom stereocenters. The molecule has 4 heterocycles. The Morgan fingerprint density at radius 2 is 2.02 bits per heavy atom. The van der Waals surface area contributed by atoms with Crippen LogP contribution >= 0.6 is 0 Å². The summed E-state index contributed by atoms with van der Waals surface area (Å²) < 4.78 is 57.6. The van der Waals surface area contributed by atoms with Gasteiger partial charge in [-0.1, -0.05) is 6.07 Å². The summed E-state index contributed by atoms with van der Waals surface area (Å²) in [5.74, 6) is -1.54. The highest BCUT2D eigenvalue weighted by molar-refractivity contribution is 5.98. The van der Waals surface area contributed by atoms with Crippen molar-refractivity contribution in [2.75, 3.05) is 6.98 Å². The van der Waals surface area contributed by atoms with Gasteiger partial charge in [0.25, 0.3) is 5.91 Å². The molecule has 1 aliphatic heterocycles. The van der Waals surface area contributed by atoms with Gasteiger partial charge in [0.15, 0.2) is 11.5 Å². The van der Waals surface area contributed by atoms with E-state index in [-0.39, 0.29) is 42.0 Å². The second-order valence-corrected chi connectivity index (χ2v) is 10.8. The predicted octanol–water partition coefficient (Wildman–Crippen LogP) is 3.96. The lowest BCUT2D eigenvalue weighted by molar-refractivity contribution is -0.109. The molecule has 0 spiro atoms. The molecule has 4 aromatic rings. The van der Waals surface area contributed by atoms with E-state index in [1.54, 1.807) is 19.2 Å². The maximum absolute atomic E-state index is 13.6. The summed E-state index contributed by atoms with van der Waals surface area (Å²) in [5, 5.41) is 24.8. The van der Waals surface area contributed by atoms with Crippen LogP contribution in [0.5, 0.6) is 5.75 Å². The number of halogens is 2. The van der Waals surface area contributed by atoms with E-state index in [0.717, 1.165) is 4.90 Å². The van der Waals surface area contributed by atoms with Crippen molar-refractivity contribution < 1.29 is 27.5 Å². The number of nitriles is 1. The number of aromatic nitrogens is 5. The molecular weight excluding hydrogens is 520 g/mol. The summed E-state index contributed by atoms with van der Waals surface area (Å²) in [6.45, 7) is -4.23. The highest BCUT2D eigenvalue weighted by Crippen LogP contribution is 2.54. The lowest BCUT2D eigenvalue weighted by atomic mass is 9.60. The number of benzene rings is 1. The van der Waals surface area contributed by atoms with E-state index < -0.39 is 42.5 Å².